The lowest BCUT2D eigenvalue weighted by molar-refractivity contribution is -0.129. The lowest BCUT2D eigenvalue weighted by Gasteiger charge is -2.18. The number of hydrogen-bond acceptors (Lipinski definition) is 3. The molecule has 5 nitrogen and oxygen atoms in total. The second kappa shape index (κ2) is 6.79. The highest BCUT2D eigenvalue weighted by molar-refractivity contribution is 5.90. The fraction of sp³-hybridized carbons (Fsp3) is 0.333. The molecule has 120 valence electrons. The summed E-state index contributed by atoms with van der Waals surface area (Å²) >= 11 is 0. The first-order chi connectivity index (χ1) is 11.1. The van der Waals surface area contributed by atoms with E-state index in [0.29, 0.717) is 26.1 Å². The summed E-state index contributed by atoms with van der Waals surface area (Å²) in [5.41, 5.74) is 6.49. The Labute approximate surface area is 134 Å². The molecule has 1 heterocycles. The van der Waals surface area contributed by atoms with E-state index in [1.54, 1.807) is 0 Å². The quantitative estimate of drug-likeness (QED) is 0.875. The van der Waals surface area contributed by atoms with Gasteiger partial charge in [-0.05, 0) is 22.8 Å². The summed E-state index contributed by atoms with van der Waals surface area (Å²) in [7, 11) is 0. The molecule has 2 aromatic rings. The molecule has 2 aromatic carbocycles. The molecule has 2 amide bonds. The smallest absolute Gasteiger partial charge is 0.240 e. The van der Waals surface area contributed by atoms with Gasteiger partial charge in [0.15, 0.2) is 0 Å². The zero-order valence-electron chi connectivity index (χ0n) is 12.8. The summed E-state index contributed by atoms with van der Waals surface area (Å²) in [6.45, 7) is 0.994. The van der Waals surface area contributed by atoms with Crippen LogP contribution in [0.2, 0.25) is 0 Å². The van der Waals surface area contributed by atoms with Gasteiger partial charge in [0, 0.05) is 13.0 Å². The van der Waals surface area contributed by atoms with Crippen LogP contribution in [0.4, 0.5) is 0 Å². The predicted octanol–water partition coefficient (Wildman–Crippen LogP) is 1.39. The standard InChI is InChI=1S/C18H20N2O3/c19-17(21)16(20-18(22)14-8-9-23-11-14)10-13-6-3-5-12-4-1-2-7-15(12)13/h1-7,14,16H,8-11H2,(H2,19,21)(H,20,22)/t14-,16+/m1/s1. The van der Waals surface area contributed by atoms with E-state index >= 15 is 0 Å². The third-order valence-electron chi connectivity index (χ3n) is 4.26. The average molecular weight is 312 g/mol. The maximum atomic E-state index is 12.2. The Hall–Kier alpha value is -2.40. The van der Waals surface area contributed by atoms with E-state index in [1.165, 1.54) is 0 Å². The highest BCUT2D eigenvalue weighted by Crippen LogP contribution is 2.20. The van der Waals surface area contributed by atoms with Crippen LogP contribution in [-0.4, -0.2) is 31.1 Å². The Morgan fingerprint density at radius 2 is 2.00 bits per heavy atom. The second-order valence-corrected chi connectivity index (χ2v) is 5.87. The summed E-state index contributed by atoms with van der Waals surface area (Å²) in [5, 5.41) is 4.95. The van der Waals surface area contributed by atoms with Crippen LogP contribution < -0.4 is 11.1 Å². The number of carbonyl (C=O) groups is 2. The molecule has 3 rings (SSSR count). The van der Waals surface area contributed by atoms with Crippen LogP contribution in [0, 0.1) is 5.92 Å². The minimum absolute atomic E-state index is 0.161. The third kappa shape index (κ3) is 3.51. The molecule has 0 aliphatic carbocycles. The first-order valence-electron chi connectivity index (χ1n) is 7.79. The van der Waals surface area contributed by atoms with E-state index in [2.05, 4.69) is 5.32 Å². The molecule has 0 unspecified atom stereocenters. The Morgan fingerprint density at radius 3 is 2.74 bits per heavy atom. The van der Waals surface area contributed by atoms with E-state index in [9.17, 15) is 9.59 Å². The van der Waals surface area contributed by atoms with Crippen molar-refractivity contribution in [1.82, 2.24) is 5.32 Å². The van der Waals surface area contributed by atoms with Crippen molar-refractivity contribution in [3.8, 4) is 0 Å². The number of benzene rings is 2. The van der Waals surface area contributed by atoms with Gasteiger partial charge >= 0.3 is 0 Å². The van der Waals surface area contributed by atoms with Crippen molar-refractivity contribution in [2.75, 3.05) is 13.2 Å². The highest BCUT2D eigenvalue weighted by Gasteiger charge is 2.27. The van der Waals surface area contributed by atoms with E-state index in [0.717, 1.165) is 16.3 Å². The number of hydrogen-bond donors (Lipinski definition) is 2. The van der Waals surface area contributed by atoms with Crippen LogP contribution in [0.3, 0.4) is 0 Å². The molecule has 23 heavy (non-hydrogen) atoms. The molecule has 0 radical (unpaired) electrons. The van der Waals surface area contributed by atoms with Crippen molar-refractivity contribution in [2.45, 2.75) is 18.9 Å². The number of fused-ring (bicyclic) bond motifs is 1. The lowest BCUT2D eigenvalue weighted by Crippen LogP contribution is -2.48. The first kappa shape index (κ1) is 15.5. The third-order valence-corrected chi connectivity index (χ3v) is 4.26. The van der Waals surface area contributed by atoms with Gasteiger partial charge in [-0.1, -0.05) is 42.5 Å². The minimum Gasteiger partial charge on any atom is -0.381 e. The number of carbonyl (C=O) groups excluding carboxylic acids is 2. The van der Waals surface area contributed by atoms with Crippen LogP contribution in [0.1, 0.15) is 12.0 Å². The van der Waals surface area contributed by atoms with Gasteiger partial charge in [-0.15, -0.1) is 0 Å². The van der Waals surface area contributed by atoms with Crippen LogP contribution in [0.15, 0.2) is 42.5 Å². The van der Waals surface area contributed by atoms with Gasteiger partial charge in [-0.3, -0.25) is 9.59 Å². The zero-order valence-corrected chi connectivity index (χ0v) is 12.8. The van der Waals surface area contributed by atoms with Gasteiger partial charge in [0.2, 0.25) is 11.8 Å². The molecule has 0 spiro atoms. The number of primary amides is 1. The van der Waals surface area contributed by atoms with Gasteiger partial charge in [0.1, 0.15) is 6.04 Å². The Kier molecular flexibility index (Phi) is 4.57. The Bertz CT molecular complexity index is 718. The van der Waals surface area contributed by atoms with Gasteiger partial charge < -0.3 is 15.8 Å². The molecule has 1 saturated heterocycles. The van der Waals surface area contributed by atoms with Crippen molar-refractivity contribution in [3.63, 3.8) is 0 Å². The van der Waals surface area contributed by atoms with Crippen LogP contribution in [0.5, 0.6) is 0 Å². The molecule has 0 aromatic heterocycles. The summed E-state index contributed by atoms with van der Waals surface area (Å²) in [4.78, 5) is 24.0. The maximum Gasteiger partial charge on any atom is 0.240 e. The van der Waals surface area contributed by atoms with Gasteiger partial charge in [0.05, 0.1) is 12.5 Å². The van der Waals surface area contributed by atoms with Gasteiger partial charge in [-0.2, -0.15) is 0 Å². The zero-order chi connectivity index (χ0) is 16.2. The molecule has 3 N–H and O–H groups in total. The molecular formula is C18H20N2O3. The summed E-state index contributed by atoms with van der Waals surface area (Å²) in [5.74, 6) is -0.874. The van der Waals surface area contributed by atoms with Crippen molar-refractivity contribution < 1.29 is 14.3 Å². The minimum atomic E-state index is -0.714. The van der Waals surface area contributed by atoms with Crippen molar-refractivity contribution >= 4 is 22.6 Å². The maximum absolute atomic E-state index is 12.2. The number of ether oxygens (including phenoxy) is 1. The molecule has 1 aliphatic heterocycles. The molecule has 1 aliphatic rings. The predicted molar refractivity (Wildman–Crippen MR) is 87.7 cm³/mol. The summed E-state index contributed by atoms with van der Waals surface area (Å²) < 4.78 is 5.22. The molecule has 5 heteroatoms. The fourth-order valence-electron chi connectivity index (χ4n) is 2.94. The monoisotopic (exact) mass is 312 g/mol. The normalized spacial score (nSPS) is 18.7. The van der Waals surface area contributed by atoms with Crippen molar-refractivity contribution in [2.24, 2.45) is 11.7 Å². The second-order valence-electron chi connectivity index (χ2n) is 5.87. The van der Waals surface area contributed by atoms with Crippen LogP contribution >= 0.6 is 0 Å². The van der Waals surface area contributed by atoms with Crippen LogP contribution in [-0.2, 0) is 20.7 Å². The first-order valence-corrected chi connectivity index (χ1v) is 7.79. The molecule has 0 bridgehead atoms. The Balaban J connectivity index is 1.78. The molecular weight excluding hydrogens is 292 g/mol. The Morgan fingerprint density at radius 1 is 1.22 bits per heavy atom. The van der Waals surface area contributed by atoms with Gasteiger partial charge in [-0.25, -0.2) is 0 Å². The molecule has 1 fully saturated rings. The number of amides is 2. The topological polar surface area (TPSA) is 81.4 Å². The van der Waals surface area contributed by atoms with E-state index in [1.807, 2.05) is 42.5 Å². The average Bonchev–Trinajstić information content (AvgIpc) is 3.09. The lowest BCUT2D eigenvalue weighted by atomic mass is 9.98. The summed E-state index contributed by atoms with van der Waals surface area (Å²) in [6.07, 6.45) is 1.07. The summed E-state index contributed by atoms with van der Waals surface area (Å²) in [6, 6.07) is 13.2. The van der Waals surface area contributed by atoms with E-state index in [-0.39, 0.29) is 11.8 Å². The largest absolute Gasteiger partial charge is 0.381 e. The van der Waals surface area contributed by atoms with Gasteiger partial charge in [0.25, 0.3) is 0 Å². The molecule has 2 atom stereocenters. The highest BCUT2D eigenvalue weighted by atomic mass is 16.5. The SMILES string of the molecule is NC(=O)[C@H](Cc1cccc2ccccc12)NC(=O)[C@@H]1CCOC1. The van der Waals surface area contributed by atoms with Crippen molar-refractivity contribution in [3.05, 3.63) is 48.0 Å². The number of nitrogens with one attached hydrogen (secondary N) is 1. The van der Waals surface area contributed by atoms with E-state index in [4.69, 9.17) is 10.5 Å². The fourth-order valence-corrected chi connectivity index (χ4v) is 2.94. The number of rotatable bonds is 5. The number of nitrogens with two attached hydrogens (primary N) is 1. The van der Waals surface area contributed by atoms with E-state index < -0.39 is 11.9 Å². The molecule has 0 saturated carbocycles. The van der Waals surface area contributed by atoms with Crippen LogP contribution in [0.25, 0.3) is 10.8 Å². The van der Waals surface area contributed by atoms with Crippen molar-refractivity contribution in [1.29, 1.82) is 0 Å².